The van der Waals surface area contributed by atoms with E-state index in [1.807, 2.05) is 6.92 Å². The fourth-order valence-electron chi connectivity index (χ4n) is 1.58. The van der Waals surface area contributed by atoms with Crippen LogP contribution in [0.15, 0.2) is 42.5 Å². The molecule has 0 bridgehead atoms. The van der Waals surface area contributed by atoms with Gasteiger partial charge >= 0.3 is 11.9 Å². The number of aromatic carboxylic acids is 1. The lowest BCUT2D eigenvalue weighted by Crippen LogP contribution is -2.05. The maximum Gasteiger partial charge on any atom is 0.338 e. The summed E-state index contributed by atoms with van der Waals surface area (Å²) in [6.45, 7) is 2.11. The van der Waals surface area contributed by atoms with Crippen LogP contribution >= 0.6 is 0 Å². The van der Waals surface area contributed by atoms with Crippen LogP contribution in [-0.4, -0.2) is 39.0 Å². The highest BCUT2D eigenvalue weighted by molar-refractivity contribution is 5.91. The maximum absolute atomic E-state index is 11.3. The summed E-state index contributed by atoms with van der Waals surface area (Å²) in [6, 6.07) is 10.4. The van der Waals surface area contributed by atoms with Crippen molar-refractivity contribution >= 4 is 11.9 Å². The maximum atomic E-state index is 11.3. The van der Waals surface area contributed by atoms with Crippen LogP contribution in [0.25, 0.3) is 0 Å². The summed E-state index contributed by atoms with van der Waals surface area (Å²) in [5.74, 6) is -3.29. The molecular weight excluding hydrogens is 316 g/mol. The van der Waals surface area contributed by atoms with E-state index < -0.39 is 29.2 Å². The van der Waals surface area contributed by atoms with Crippen molar-refractivity contribution < 1.29 is 34.8 Å². The summed E-state index contributed by atoms with van der Waals surface area (Å²) >= 11 is 0. The van der Waals surface area contributed by atoms with Crippen molar-refractivity contribution in [1.82, 2.24) is 0 Å². The minimum Gasteiger partial charge on any atom is -0.504 e. The number of carbonyl (C=O) groups is 2. The molecule has 0 heterocycles. The number of phenols is 3. The number of carboxylic acids is 1. The van der Waals surface area contributed by atoms with Gasteiger partial charge in [0.25, 0.3) is 0 Å². The number of aromatic hydroxyl groups is 3. The molecule has 0 unspecified atom stereocenters. The van der Waals surface area contributed by atoms with Crippen LogP contribution in [0.2, 0.25) is 0 Å². The molecule has 0 aliphatic rings. The van der Waals surface area contributed by atoms with Gasteiger partial charge in [-0.3, -0.25) is 0 Å². The van der Waals surface area contributed by atoms with Gasteiger partial charge in [-0.25, -0.2) is 9.59 Å². The Morgan fingerprint density at radius 1 is 0.958 bits per heavy atom. The van der Waals surface area contributed by atoms with E-state index in [1.54, 1.807) is 30.3 Å². The van der Waals surface area contributed by atoms with Crippen LogP contribution in [0.1, 0.15) is 34.1 Å². The standard InChI is InChI=1S/C10H12O5.C7H6O2/c1-2-3-15-10(14)6-4-7(11)9(13)8(12)5-6;8-7(9)6-4-2-1-3-5-6/h4-5,11-13H,2-3H2,1H3;1-5H,(H,8,9). The Balaban J connectivity index is 0.000000272. The Labute approximate surface area is 138 Å². The number of benzene rings is 2. The van der Waals surface area contributed by atoms with Crippen molar-refractivity contribution in [3.8, 4) is 17.2 Å². The highest BCUT2D eigenvalue weighted by Crippen LogP contribution is 2.35. The number of carbonyl (C=O) groups excluding carboxylic acids is 1. The SMILES string of the molecule is CCCOC(=O)c1cc(O)c(O)c(O)c1.O=C(O)c1ccccc1. The van der Waals surface area contributed by atoms with Crippen molar-refractivity contribution in [1.29, 1.82) is 0 Å². The lowest BCUT2D eigenvalue weighted by molar-refractivity contribution is 0.0503. The summed E-state index contributed by atoms with van der Waals surface area (Å²) in [5.41, 5.74) is 0.328. The topological polar surface area (TPSA) is 124 Å². The Kier molecular flexibility index (Phi) is 7.09. The van der Waals surface area contributed by atoms with Crippen LogP contribution < -0.4 is 0 Å². The molecule has 128 valence electrons. The molecule has 0 radical (unpaired) electrons. The second-order valence-electron chi connectivity index (χ2n) is 4.67. The van der Waals surface area contributed by atoms with E-state index >= 15 is 0 Å². The van der Waals surface area contributed by atoms with Crippen LogP contribution in [-0.2, 0) is 4.74 Å². The predicted octanol–water partition coefficient (Wildman–Crippen LogP) is 2.76. The first-order chi connectivity index (χ1) is 11.4. The summed E-state index contributed by atoms with van der Waals surface area (Å²) < 4.78 is 4.78. The molecule has 4 N–H and O–H groups in total. The molecule has 0 aromatic heterocycles. The Morgan fingerprint density at radius 2 is 1.50 bits per heavy atom. The zero-order valence-electron chi connectivity index (χ0n) is 13.0. The first kappa shape index (κ1) is 18.8. The molecule has 0 aliphatic carbocycles. The molecule has 0 saturated heterocycles. The Hall–Kier alpha value is -3.22. The van der Waals surface area contributed by atoms with Crippen molar-refractivity contribution in [2.24, 2.45) is 0 Å². The third-order valence-electron chi connectivity index (χ3n) is 2.76. The van der Waals surface area contributed by atoms with Gasteiger partial charge in [-0.05, 0) is 30.7 Å². The number of esters is 1. The third kappa shape index (κ3) is 5.53. The fraction of sp³-hybridized carbons (Fsp3) is 0.176. The molecule has 2 aromatic carbocycles. The average Bonchev–Trinajstić information content (AvgIpc) is 2.58. The van der Waals surface area contributed by atoms with Gasteiger partial charge in [0.1, 0.15) is 0 Å². The fourth-order valence-corrected chi connectivity index (χ4v) is 1.58. The first-order valence-corrected chi connectivity index (χ1v) is 7.07. The average molecular weight is 334 g/mol. The van der Waals surface area contributed by atoms with Gasteiger partial charge in [0.2, 0.25) is 0 Å². The minimum absolute atomic E-state index is 0.00347. The molecular formula is C17H18O7. The van der Waals surface area contributed by atoms with E-state index in [4.69, 9.17) is 25.2 Å². The lowest BCUT2D eigenvalue weighted by Gasteiger charge is -2.05. The van der Waals surface area contributed by atoms with E-state index in [1.165, 1.54) is 0 Å². The highest BCUT2D eigenvalue weighted by atomic mass is 16.5. The van der Waals surface area contributed by atoms with E-state index in [2.05, 4.69) is 0 Å². The largest absolute Gasteiger partial charge is 0.504 e. The van der Waals surface area contributed by atoms with Gasteiger partial charge in [0.05, 0.1) is 17.7 Å². The van der Waals surface area contributed by atoms with Crippen LogP contribution in [0.3, 0.4) is 0 Å². The summed E-state index contributed by atoms with van der Waals surface area (Å²) in [4.78, 5) is 21.5. The second kappa shape index (κ2) is 9.04. The van der Waals surface area contributed by atoms with Gasteiger partial charge < -0.3 is 25.2 Å². The predicted molar refractivity (Wildman–Crippen MR) is 85.4 cm³/mol. The third-order valence-corrected chi connectivity index (χ3v) is 2.76. The molecule has 0 saturated carbocycles. The first-order valence-electron chi connectivity index (χ1n) is 7.07. The van der Waals surface area contributed by atoms with Gasteiger partial charge in [0, 0.05) is 0 Å². The second-order valence-corrected chi connectivity index (χ2v) is 4.67. The zero-order valence-corrected chi connectivity index (χ0v) is 13.0. The van der Waals surface area contributed by atoms with Crippen molar-refractivity contribution in [3.05, 3.63) is 53.6 Å². The molecule has 2 aromatic rings. The van der Waals surface area contributed by atoms with Crippen LogP contribution in [0.5, 0.6) is 17.2 Å². The monoisotopic (exact) mass is 334 g/mol. The number of rotatable bonds is 4. The van der Waals surface area contributed by atoms with E-state index in [0.717, 1.165) is 12.1 Å². The van der Waals surface area contributed by atoms with Gasteiger partial charge in [-0.15, -0.1) is 0 Å². The number of carboxylic acid groups (broad SMARTS) is 1. The molecule has 0 aliphatic heterocycles. The molecule has 7 nitrogen and oxygen atoms in total. The molecule has 0 amide bonds. The molecule has 0 spiro atoms. The molecule has 7 heteroatoms. The number of phenolic OH excluding ortho intramolecular Hbond substituents is 3. The van der Waals surface area contributed by atoms with Crippen molar-refractivity contribution in [3.63, 3.8) is 0 Å². The van der Waals surface area contributed by atoms with Crippen molar-refractivity contribution in [2.45, 2.75) is 13.3 Å². The number of hydrogen-bond acceptors (Lipinski definition) is 6. The van der Waals surface area contributed by atoms with Crippen LogP contribution in [0.4, 0.5) is 0 Å². The lowest BCUT2D eigenvalue weighted by atomic mass is 10.2. The summed E-state index contributed by atoms with van der Waals surface area (Å²) in [6.07, 6.45) is 0.682. The van der Waals surface area contributed by atoms with E-state index in [9.17, 15) is 9.59 Å². The van der Waals surface area contributed by atoms with E-state index in [0.29, 0.717) is 12.0 Å². The van der Waals surface area contributed by atoms with Gasteiger partial charge in [-0.1, -0.05) is 25.1 Å². The Bertz CT molecular complexity index is 672. The normalized spacial score (nSPS) is 9.54. The summed E-state index contributed by atoms with van der Waals surface area (Å²) in [7, 11) is 0. The zero-order chi connectivity index (χ0) is 18.1. The number of hydrogen-bond donors (Lipinski definition) is 4. The minimum atomic E-state index is -0.879. The number of ether oxygens (including phenoxy) is 1. The van der Waals surface area contributed by atoms with Crippen molar-refractivity contribution in [2.75, 3.05) is 6.61 Å². The molecule has 2 rings (SSSR count). The van der Waals surface area contributed by atoms with Gasteiger partial charge in [0.15, 0.2) is 17.2 Å². The van der Waals surface area contributed by atoms with Crippen LogP contribution in [0, 0.1) is 0 Å². The highest BCUT2D eigenvalue weighted by Gasteiger charge is 2.14. The Morgan fingerprint density at radius 3 is 1.92 bits per heavy atom. The molecule has 0 fully saturated rings. The molecule has 24 heavy (non-hydrogen) atoms. The summed E-state index contributed by atoms with van der Waals surface area (Å²) in [5, 5.41) is 35.7. The quantitative estimate of drug-likeness (QED) is 0.500. The molecule has 0 atom stereocenters. The van der Waals surface area contributed by atoms with E-state index in [-0.39, 0.29) is 12.2 Å². The van der Waals surface area contributed by atoms with Gasteiger partial charge in [-0.2, -0.15) is 0 Å². The smallest absolute Gasteiger partial charge is 0.338 e.